The molecule has 0 aliphatic rings. The van der Waals surface area contributed by atoms with Gasteiger partial charge in [-0.1, -0.05) is 22.9 Å². The van der Waals surface area contributed by atoms with Crippen molar-refractivity contribution in [2.24, 2.45) is 0 Å². The molecule has 0 saturated heterocycles. The average molecular weight is 325 g/mol. The van der Waals surface area contributed by atoms with E-state index in [9.17, 15) is 4.79 Å². The number of aryl methyl sites for hydroxylation is 1. The highest BCUT2D eigenvalue weighted by atomic mass is 79.9. The van der Waals surface area contributed by atoms with E-state index < -0.39 is 0 Å². The highest BCUT2D eigenvalue weighted by Gasteiger charge is 2.14. The van der Waals surface area contributed by atoms with Crippen molar-refractivity contribution in [1.29, 1.82) is 0 Å². The summed E-state index contributed by atoms with van der Waals surface area (Å²) in [5.74, 6) is 0.544. The van der Waals surface area contributed by atoms with Gasteiger partial charge in [-0.2, -0.15) is 0 Å². The summed E-state index contributed by atoms with van der Waals surface area (Å²) in [6.07, 6.45) is 1.22. The number of esters is 1. The zero-order valence-corrected chi connectivity index (χ0v) is 12.7. The van der Waals surface area contributed by atoms with Crippen LogP contribution >= 0.6 is 15.9 Å². The van der Waals surface area contributed by atoms with E-state index in [1.165, 1.54) is 0 Å². The van der Waals surface area contributed by atoms with Crippen LogP contribution in [-0.4, -0.2) is 22.1 Å². The molecular formula is C14H17BrN2O2. The topological polar surface area (TPSA) is 44.1 Å². The summed E-state index contributed by atoms with van der Waals surface area (Å²) < 4.78 is 8.08. The Morgan fingerprint density at radius 3 is 2.89 bits per heavy atom. The number of ether oxygens (including phenoxy) is 1. The van der Waals surface area contributed by atoms with E-state index in [1.54, 1.807) is 0 Å². The second-order valence-electron chi connectivity index (χ2n) is 4.29. The molecule has 1 heterocycles. The SMILES string of the molecule is CCCn1c(CC(=O)OCC)nc2cc(Br)ccc21. The molecule has 4 nitrogen and oxygen atoms in total. The van der Waals surface area contributed by atoms with Crippen LogP contribution in [0.1, 0.15) is 26.1 Å². The molecular weight excluding hydrogens is 308 g/mol. The van der Waals surface area contributed by atoms with Gasteiger partial charge in [0.1, 0.15) is 12.2 Å². The van der Waals surface area contributed by atoms with Crippen molar-refractivity contribution < 1.29 is 9.53 Å². The van der Waals surface area contributed by atoms with Gasteiger partial charge >= 0.3 is 5.97 Å². The Morgan fingerprint density at radius 1 is 1.42 bits per heavy atom. The number of hydrogen-bond acceptors (Lipinski definition) is 3. The van der Waals surface area contributed by atoms with Gasteiger partial charge in [-0.15, -0.1) is 0 Å². The number of imidazole rings is 1. The monoisotopic (exact) mass is 324 g/mol. The Hall–Kier alpha value is -1.36. The minimum atomic E-state index is -0.228. The Balaban J connectivity index is 2.40. The molecule has 0 saturated carbocycles. The first-order valence-corrected chi connectivity index (χ1v) is 7.25. The van der Waals surface area contributed by atoms with Gasteiger partial charge in [0.05, 0.1) is 17.6 Å². The molecule has 0 atom stereocenters. The molecule has 5 heteroatoms. The fraction of sp³-hybridized carbons (Fsp3) is 0.429. The second-order valence-corrected chi connectivity index (χ2v) is 5.21. The summed E-state index contributed by atoms with van der Waals surface area (Å²) >= 11 is 3.44. The van der Waals surface area contributed by atoms with Crippen LogP contribution in [0.25, 0.3) is 11.0 Å². The van der Waals surface area contributed by atoms with E-state index in [0.29, 0.717) is 6.61 Å². The Labute approximate surface area is 120 Å². The lowest BCUT2D eigenvalue weighted by molar-refractivity contribution is -0.142. The van der Waals surface area contributed by atoms with Crippen LogP contribution in [-0.2, 0) is 22.5 Å². The first-order valence-electron chi connectivity index (χ1n) is 6.46. The largest absolute Gasteiger partial charge is 0.466 e. The second kappa shape index (κ2) is 6.19. The van der Waals surface area contributed by atoms with Crippen molar-refractivity contribution in [2.75, 3.05) is 6.61 Å². The summed E-state index contributed by atoms with van der Waals surface area (Å²) in [6, 6.07) is 5.98. The van der Waals surface area contributed by atoms with Crippen molar-refractivity contribution >= 4 is 32.9 Å². The third-order valence-corrected chi connectivity index (χ3v) is 3.34. The number of carbonyl (C=O) groups is 1. The minimum absolute atomic E-state index is 0.222. The van der Waals surface area contributed by atoms with Gasteiger partial charge in [0.25, 0.3) is 0 Å². The maximum atomic E-state index is 11.6. The highest BCUT2D eigenvalue weighted by Crippen LogP contribution is 2.21. The lowest BCUT2D eigenvalue weighted by atomic mass is 10.3. The number of benzene rings is 1. The molecule has 0 radical (unpaired) electrons. The predicted octanol–water partition coefficient (Wildman–Crippen LogP) is 3.31. The zero-order chi connectivity index (χ0) is 13.8. The summed E-state index contributed by atoms with van der Waals surface area (Å²) in [5, 5.41) is 0. The molecule has 0 unspecified atom stereocenters. The molecule has 1 aromatic carbocycles. The maximum Gasteiger partial charge on any atom is 0.313 e. The average Bonchev–Trinajstić information content (AvgIpc) is 2.67. The van der Waals surface area contributed by atoms with Crippen LogP contribution in [0.5, 0.6) is 0 Å². The Bertz CT molecular complexity index is 592. The number of rotatable bonds is 5. The molecule has 0 bridgehead atoms. The van der Waals surface area contributed by atoms with Gasteiger partial charge in [-0.25, -0.2) is 4.98 Å². The molecule has 0 aliphatic carbocycles. The normalized spacial score (nSPS) is 10.9. The van der Waals surface area contributed by atoms with Crippen LogP contribution in [0.15, 0.2) is 22.7 Å². The third kappa shape index (κ3) is 3.15. The predicted molar refractivity (Wildman–Crippen MR) is 78.1 cm³/mol. The molecule has 2 rings (SSSR count). The quantitative estimate of drug-likeness (QED) is 0.792. The van der Waals surface area contributed by atoms with Gasteiger partial charge in [0, 0.05) is 11.0 Å². The van der Waals surface area contributed by atoms with Crippen LogP contribution in [0.4, 0.5) is 0 Å². The van der Waals surface area contributed by atoms with Gasteiger partial charge in [0.15, 0.2) is 0 Å². The lowest BCUT2D eigenvalue weighted by Gasteiger charge is -2.07. The molecule has 102 valence electrons. The number of carbonyl (C=O) groups excluding carboxylic acids is 1. The van der Waals surface area contributed by atoms with E-state index in [0.717, 1.165) is 34.3 Å². The lowest BCUT2D eigenvalue weighted by Crippen LogP contribution is -2.12. The molecule has 19 heavy (non-hydrogen) atoms. The van der Waals surface area contributed by atoms with Gasteiger partial charge in [-0.05, 0) is 31.5 Å². The van der Waals surface area contributed by atoms with Crippen molar-refractivity contribution in [3.8, 4) is 0 Å². The van der Waals surface area contributed by atoms with Crippen molar-refractivity contribution in [1.82, 2.24) is 9.55 Å². The molecule has 0 fully saturated rings. The fourth-order valence-electron chi connectivity index (χ4n) is 2.10. The van der Waals surface area contributed by atoms with Crippen LogP contribution in [0, 0.1) is 0 Å². The molecule has 2 aromatic rings. The molecule has 0 aliphatic heterocycles. The van der Waals surface area contributed by atoms with Crippen molar-refractivity contribution in [3.05, 3.63) is 28.5 Å². The zero-order valence-electron chi connectivity index (χ0n) is 11.1. The Kier molecular flexibility index (Phi) is 4.58. The van der Waals surface area contributed by atoms with Crippen LogP contribution < -0.4 is 0 Å². The first kappa shape index (κ1) is 14.1. The van der Waals surface area contributed by atoms with Crippen molar-refractivity contribution in [2.45, 2.75) is 33.2 Å². The van der Waals surface area contributed by atoms with Gasteiger partial charge in [-0.3, -0.25) is 4.79 Å². The maximum absolute atomic E-state index is 11.6. The minimum Gasteiger partial charge on any atom is -0.466 e. The number of fused-ring (bicyclic) bond motifs is 1. The summed E-state index contributed by atoms with van der Waals surface area (Å²) in [4.78, 5) is 16.2. The van der Waals surface area contributed by atoms with E-state index in [-0.39, 0.29) is 12.4 Å². The summed E-state index contributed by atoms with van der Waals surface area (Å²) in [6.45, 7) is 5.17. The molecule has 0 spiro atoms. The van der Waals surface area contributed by atoms with E-state index in [2.05, 4.69) is 32.4 Å². The smallest absolute Gasteiger partial charge is 0.313 e. The molecule has 0 N–H and O–H groups in total. The standard InChI is InChI=1S/C14H17BrN2O2/c1-3-7-17-12-6-5-10(15)8-11(12)16-13(17)9-14(18)19-4-2/h5-6,8H,3-4,7,9H2,1-2H3. The highest BCUT2D eigenvalue weighted by molar-refractivity contribution is 9.10. The summed E-state index contributed by atoms with van der Waals surface area (Å²) in [5.41, 5.74) is 1.96. The van der Waals surface area contributed by atoms with Gasteiger partial charge in [0.2, 0.25) is 0 Å². The number of halogens is 1. The van der Waals surface area contributed by atoms with Crippen molar-refractivity contribution in [3.63, 3.8) is 0 Å². The number of hydrogen-bond donors (Lipinski definition) is 0. The van der Waals surface area contributed by atoms with Gasteiger partial charge < -0.3 is 9.30 Å². The fourth-order valence-corrected chi connectivity index (χ4v) is 2.45. The van der Waals surface area contributed by atoms with Crippen LogP contribution in [0.3, 0.4) is 0 Å². The van der Waals surface area contributed by atoms with Crippen LogP contribution in [0.2, 0.25) is 0 Å². The van der Waals surface area contributed by atoms with E-state index >= 15 is 0 Å². The summed E-state index contributed by atoms with van der Waals surface area (Å²) in [7, 11) is 0. The molecule has 0 amide bonds. The Morgan fingerprint density at radius 2 is 2.21 bits per heavy atom. The van der Waals surface area contributed by atoms with E-state index in [1.807, 2.05) is 25.1 Å². The third-order valence-electron chi connectivity index (χ3n) is 2.84. The number of nitrogens with zero attached hydrogens (tertiary/aromatic N) is 2. The number of aromatic nitrogens is 2. The molecule has 1 aromatic heterocycles. The first-order chi connectivity index (χ1) is 9.15. The van der Waals surface area contributed by atoms with E-state index in [4.69, 9.17) is 4.74 Å².